The van der Waals surface area contributed by atoms with Gasteiger partial charge in [0.05, 0.1) is 18.5 Å². The molecule has 0 aliphatic rings. The van der Waals surface area contributed by atoms with Crippen molar-refractivity contribution in [3.05, 3.63) is 77.5 Å². The van der Waals surface area contributed by atoms with Gasteiger partial charge < -0.3 is 9.47 Å². The summed E-state index contributed by atoms with van der Waals surface area (Å²) in [7, 11) is 0. The van der Waals surface area contributed by atoms with Gasteiger partial charge in [0.25, 0.3) is 0 Å². The molecule has 0 N–H and O–H groups in total. The van der Waals surface area contributed by atoms with Crippen LogP contribution in [0.1, 0.15) is 81.1 Å². The molecule has 0 spiro atoms. The number of hydrogen-bond acceptors (Lipinski definition) is 4. The maximum absolute atomic E-state index is 14.5. The standard InChI is InChI=1S/C30H35F2NO3/c1-3-5-7-9-11-22-19-26(31)29(27(32)20-22)30(34)36-25-16-17-28(33-21-25)23-12-14-24(15-13-23)35-18-10-8-6-4-2/h12-17,19-21H,3-11,18H2,1-2H3. The van der Waals surface area contributed by atoms with E-state index < -0.39 is 23.2 Å². The number of nitrogens with zero attached hydrogens (tertiary/aromatic N) is 1. The number of esters is 1. The summed E-state index contributed by atoms with van der Waals surface area (Å²) in [5.41, 5.74) is 1.39. The Labute approximate surface area is 212 Å². The lowest BCUT2D eigenvalue weighted by Gasteiger charge is -2.09. The van der Waals surface area contributed by atoms with Gasteiger partial charge in [-0.25, -0.2) is 13.6 Å². The van der Waals surface area contributed by atoms with Gasteiger partial charge in [0.15, 0.2) is 0 Å². The fraction of sp³-hybridized carbons (Fsp3) is 0.400. The first kappa shape index (κ1) is 27.3. The number of benzene rings is 2. The second-order valence-electron chi connectivity index (χ2n) is 8.95. The summed E-state index contributed by atoms with van der Waals surface area (Å²) in [5.74, 6) is -2.00. The fourth-order valence-electron chi connectivity index (χ4n) is 3.93. The van der Waals surface area contributed by atoms with Crippen LogP contribution in [0.15, 0.2) is 54.7 Å². The van der Waals surface area contributed by atoms with Crippen molar-refractivity contribution in [3.8, 4) is 22.8 Å². The lowest BCUT2D eigenvalue weighted by atomic mass is 10.0. The SMILES string of the molecule is CCCCCCOc1ccc(-c2ccc(OC(=O)c3c(F)cc(CCCCCC)cc3F)cn2)cc1. The van der Waals surface area contributed by atoms with E-state index in [1.54, 1.807) is 12.1 Å². The lowest BCUT2D eigenvalue weighted by Crippen LogP contribution is -2.14. The molecule has 0 saturated heterocycles. The van der Waals surface area contributed by atoms with Crippen molar-refractivity contribution in [2.24, 2.45) is 0 Å². The van der Waals surface area contributed by atoms with Gasteiger partial charge in [-0.2, -0.15) is 0 Å². The second-order valence-corrected chi connectivity index (χ2v) is 8.95. The number of rotatable bonds is 14. The maximum Gasteiger partial charge on any atom is 0.349 e. The molecule has 192 valence electrons. The van der Waals surface area contributed by atoms with Crippen molar-refractivity contribution >= 4 is 5.97 Å². The minimum Gasteiger partial charge on any atom is -0.494 e. The molecule has 0 radical (unpaired) electrons. The fourth-order valence-corrected chi connectivity index (χ4v) is 3.93. The van der Waals surface area contributed by atoms with Crippen LogP contribution in [-0.4, -0.2) is 17.6 Å². The van der Waals surface area contributed by atoms with Crippen LogP contribution in [0.25, 0.3) is 11.3 Å². The molecule has 0 fully saturated rings. The predicted octanol–water partition coefficient (Wildman–Crippen LogP) is 8.33. The van der Waals surface area contributed by atoms with E-state index >= 15 is 0 Å². The molecule has 0 atom stereocenters. The van der Waals surface area contributed by atoms with Crippen LogP contribution in [0.5, 0.6) is 11.5 Å². The number of carbonyl (C=O) groups is 1. The van der Waals surface area contributed by atoms with Crippen LogP contribution in [0.4, 0.5) is 8.78 Å². The van der Waals surface area contributed by atoms with Crippen LogP contribution in [0.2, 0.25) is 0 Å². The average Bonchev–Trinajstić information content (AvgIpc) is 2.87. The Kier molecular flexibility index (Phi) is 10.9. The molecule has 1 aromatic heterocycles. The van der Waals surface area contributed by atoms with E-state index in [9.17, 15) is 13.6 Å². The van der Waals surface area contributed by atoms with Gasteiger partial charge in [-0.15, -0.1) is 0 Å². The number of unbranched alkanes of at least 4 members (excludes halogenated alkanes) is 6. The first-order valence-corrected chi connectivity index (χ1v) is 12.9. The summed E-state index contributed by atoms with van der Waals surface area (Å²) in [5, 5.41) is 0. The molecule has 0 aliphatic carbocycles. The Morgan fingerprint density at radius 1 is 0.806 bits per heavy atom. The molecule has 0 aliphatic heterocycles. The van der Waals surface area contributed by atoms with Gasteiger partial charge in [0, 0.05) is 5.56 Å². The quantitative estimate of drug-likeness (QED) is 0.167. The van der Waals surface area contributed by atoms with E-state index in [1.165, 1.54) is 37.6 Å². The molecule has 0 bridgehead atoms. The number of hydrogen-bond donors (Lipinski definition) is 0. The van der Waals surface area contributed by atoms with Crippen molar-refractivity contribution in [1.82, 2.24) is 4.98 Å². The van der Waals surface area contributed by atoms with Crippen LogP contribution in [0.3, 0.4) is 0 Å². The largest absolute Gasteiger partial charge is 0.494 e. The number of pyridine rings is 1. The van der Waals surface area contributed by atoms with E-state index in [4.69, 9.17) is 9.47 Å². The molecule has 2 aromatic carbocycles. The zero-order chi connectivity index (χ0) is 25.8. The maximum atomic E-state index is 14.5. The van der Waals surface area contributed by atoms with Gasteiger partial charge in [-0.1, -0.05) is 52.4 Å². The predicted molar refractivity (Wildman–Crippen MR) is 138 cm³/mol. The zero-order valence-corrected chi connectivity index (χ0v) is 21.2. The van der Waals surface area contributed by atoms with E-state index in [1.807, 2.05) is 24.3 Å². The lowest BCUT2D eigenvalue weighted by molar-refractivity contribution is 0.0724. The van der Waals surface area contributed by atoms with Crippen LogP contribution in [-0.2, 0) is 6.42 Å². The third-order valence-corrected chi connectivity index (χ3v) is 5.99. The highest BCUT2D eigenvalue weighted by Crippen LogP contribution is 2.24. The highest BCUT2D eigenvalue weighted by Gasteiger charge is 2.21. The molecule has 36 heavy (non-hydrogen) atoms. The van der Waals surface area contributed by atoms with Crippen LogP contribution >= 0.6 is 0 Å². The molecule has 3 rings (SSSR count). The number of aryl methyl sites for hydroxylation is 1. The molecule has 0 saturated carbocycles. The summed E-state index contributed by atoms with van der Waals surface area (Å²) in [6.45, 7) is 4.98. The van der Waals surface area contributed by atoms with Gasteiger partial charge in [0.2, 0.25) is 0 Å². The summed E-state index contributed by atoms with van der Waals surface area (Å²) < 4.78 is 40.0. The van der Waals surface area contributed by atoms with Gasteiger partial charge in [-0.05, 0) is 73.4 Å². The first-order valence-electron chi connectivity index (χ1n) is 12.9. The first-order chi connectivity index (χ1) is 17.5. The van der Waals surface area contributed by atoms with E-state index in [2.05, 4.69) is 18.8 Å². The molecule has 3 aromatic rings. The van der Waals surface area contributed by atoms with Crippen LogP contribution < -0.4 is 9.47 Å². The Morgan fingerprint density at radius 2 is 1.44 bits per heavy atom. The minimum absolute atomic E-state index is 0.109. The molecular formula is C30H35F2NO3. The molecule has 0 unspecified atom stereocenters. The smallest absolute Gasteiger partial charge is 0.349 e. The number of aromatic nitrogens is 1. The zero-order valence-electron chi connectivity index (χ0n) is 21.2. The van der Waals surface area contributed by atoms with Gasteiger partial charge >= 0.3 is 5.97 Å². The molecule has 4 nitrogen and oxygen atoms in total. The number of halogens is 2. The summed E-state index contributed by atoms with van der Waals surface area (Å²) in [4.78, 5) is 16.8. The Bertz CT molecular complexity index is 1080. The molecule has 0 amide bonds. The van der Waals surface area contributed by atoms with Crippen molar-refractivity contribution in [3.63, 3.8) is 0 Å². The highest BCUT2D eigenvalue weighted by atomic mass is 19.1. The second kappa shape index (κ2) is 14.3. The third-order valence-electron chi connectivity index (χ3n) is 5.99. The average molecular weight is 496 g/mol. The van der Waals surface area contributed by atoms with E-state index in [-0.39, 0.29) is 5.75 Å². The Balaban J connectivity index is 1.57. The van der Waals surface area contributed by atoms with Gasteiger partial charge in [0.1, 0.15) is 28.7 Å². The van der Waals surface area contributed by atoms with Crippen molar-refractivity contribution in [2.45, 2.75) is 71.6 Å². The number of carbonyl (C=O) groups excluding carboxylic acids is 1. The Morgan fingerprint density at radius 3 is 2.06 bits per heavy atom. The topological polar surface area (TPSA) is 48.4 Å². The minimum atomic E-state index is -1.09. The monoisotopic (exact) mass is 495 g/mol. The van der Waals surface area contributed by atoms with Crippen LogP contribution in [0, 0.1) is 11.6 Å². The van der Waals surface area contributed by atoms with Crippen molar-refractivity contribution in [1.29, 1.82) is 0 Å². The molecular weight excluding hydrogens is 460 g/mol. The normalized spacial score (nSPS) is 10.9. The summed E-state index contributed by atoms with van der Waals surface area (Å²) in [6, 6.07) is 13.3. The van der Waals surface area contributed by atoms with Gasteiger partial charge in [-0.3, -0.25) is 4.98 Å². The Hall–Kier alpha value is -3.28. The highest BCUT2D eigenvalue weighted by molar-refractivity contribution is 5.91. The number of ether oxygens (including phenoxy) is 2. The summed E-state index contributed by atoms with van der Waals surface area (Å²) in [6.07, 6.45) is 10.6. The van der Waals surface area contributed by atoms with Crippen molar-refractivity contribution in [2.75, 3.05) is 6.61 Å². The summed E-state index contributed by atoms with van der Waals surface area (Å²) >= 11 is 0. The van der Waals surface area contributed by atoms with Crippen molar-refractivity contribution < 1.29 is 23.0 Å². The molecule has 1 heterocycles. The van der Waals surface area contributed by atoms with E-state index in [0.29, 0.717) is 24.3 Å². The molecule has 6 heteroatoms. The third kappa shape index (κ3) is 8.14. The van der Waals surface area contributed by atoms with E-state index in [0.717, 1.165) is 43.4 Å².